The Morgan fingerprint density at radius 2 is 1.71 bits per heavy atom. The van der Waals surface area contributed by atoms with E-state index < -0.39 is 12.0 Å². The summed E-state index contributed by atoms with van der Waals surface area (Å²) in [4.78, 5) is 33.2. The lowest BCUT2D eigenvalue weighted by Crippen LogP contribution is -2.40. The number of nitrogens with zero attached hydrogens (tertiary/aromatic N) is 3. The van der Waals surface area contributed by atoms with Gasteiger partial charge in [0.05, 0.1) is 46.7 Å². The molecule has 4 aromatic carbocycles. The van der Waals surface area contributed by atoms with E-state index >= 15 is 0 Å². The van der Waals surface area contributed by atoms with Crippen LogP contribution in [0.25, 0.3) is 11.8 Å². The van der Waals surface area contributed by atoms with Gasteiger partial charge in [0, 0.05) is 16.1 Å². The molecule has 8 nitrogen and oxygen atoms in total. The molecule has 10 heteroatoms. The number of ether oxygens (including phenoxy) is 3. The van der Waals surface area contributed by atoms with Crippen molar-refractivity contribution in [2.75, 3.05) is 13.2 Å². The van der Waals surface area contributed by atoms with Crippen LogP contribution in [0.4, 0.5) is 0 Å². The van der Waals surface area contributed by atoms with Crippen LogP contribution < -0.4 is 24.4 Å². The van der Waals surface area contributed by atoms with Gasteiger partial charge in [-0.3, -0.25) is 9.36 Å². The maximum absolute atomic E-state index is 14.2. The summed E-state index contributed by atoms with van der Waals surface area (Å²) in [6, 6.07) is 30.5. The van der Waals surface area contributed by atoms with Gasteiger partial charge in [0.1, 0.15) is 6.61 Å². The highest BCUT2D eigenvalue weighted by atomic mass is 35.5. The summed E-state index contributed by atoms with van der Waals surface area (Å²) < 4.78 is 19.5. The first kappa shape index (κ1) is 32.5. The number of thiazole rings is 1. The van der Waals surface area contributed by atoms with Crippen LogP contribution in [0.2, 0.25) is 5.02 Å². The Hall–Kier alpha value is -5.43. The van der Waals surface area contributed by atoms with Gasteiger partial charge in [-0.2, -0.15) is 5.26 Å². The Morgan fingerprint density at radius 1 is 0.958 bits per heavy atom. The second kappa shape index (κ2) is 14.6. The van der Waals surface area contributed by atoms with Crippen LogP contribution in [-0.4, -0.2) is 23.8 Å². The van der Waals surface area contributed by atoms with Crippen molar-refractivity contribution in [2.24, 2.45) is 4.99 Å². The highest BCUT2D eigenvalue weighted by molar-refractivity contribution is 7.07. The third-order valence-corrected chi connectivity index (χ3v) is 8.88. The molecule has 0 aliphatic carbocycles. The van der Waals surface area contributed by atoms with Gasteiger partial charge in [-0.25, -0.2) is 9.79 Å². The first-order valence-corrected chi connectivity index (χ1v) is 16.5. The normalized spacial score (nSPS) is 14.1. The Morgan fingerprint density at radius 3 is 2.44 bits per heavy atom. The summed E-state index contributed by atoms with van der Waals surface area (Å²) in [7, 11) is 0. The van der Waals surface area contributed by atoms with Crippen molar-refractivity contribution in [2.45, 2.75) is 26.5 Å². The molecule has 0 saturated heterocycles. The molecule has 0 N–H and O–H groups in total. The van der Waals surface area contributed by atoms with Crippen molar-refractivity contribution in [3.05, 3.63) is 155 Å². The molecule has 2 heterocycles. The van der Waals surface area contributed by atoms with Crippen LogP contribution in [0.3, 0.4) is 0 Å². The minimum Gasteiger partial charge on any atom is -0.490 e. The fraction of sp³-hybridized carbons (Fsp3) is 0.158. The SMILES string of the molecule is CCOC(=O)C1=C(c2ccccc2)N=c2s/c(=C\c3ccc(OCc4ccccc4C#N)c(OCC)c3)c(=O)n2[C@H]1c1ccc(Cl)cc1. The predicted molar refractivity (Wildman–Crippen MR) is 186 cm³/mol. The number of fused-ring (bicyclic) bond motifs is 1. The standard InChI is InChI=1S/C38H30ClN3O5S/c1-3-45-31-20-24(14-19-30(31)47-23-28-13-9-8-12-27(28)22-40)21-32-36(43)42-35(26-15-17-29(39)18-16-26)33(37(44)46-4-2)34(41-38(42)48-32)25-10-6-5-7-11-25/h5-21,35H,3-4,23H2,1-2H3/b32-21-/t35-/m0/s1. The van der Waals surface area contributed by atoms with E-state index in [1.165, 1.54) is 11.3 Å². The summed E-state index contributed by atoms with van der Waals surface area (Å²) in [5.41, 5.74) is 3.84. The number of benzene rings is 4. The van der Waals surface area contributed by atoms with Crippen LogP contribution in [0, 0.1) is 11.3 Å². The molecular formula is C38H30ClN3O5S. The van der Waals surface area contributed by atoms with Crippen molar-refractivity contribution in [3.8, 4) is 17.6 Å². The van der Waals surface area contributed by atoms with Gasteiger partial charge in [-0.15, -0.1) is 0 Å². The van der Waals surface area contributed by atoms with E-state index in [1.54, 1.807) is 54.0 Å². The Bertz CT molecular complexity index is 2240. The van der Waals surface area contributed by atoms with Crippen LogP contribution in [0.15, 0.2) is 112 Å². The van der Waals surface area contributed by atoms with Gasteiger partial charge in [0.15, 0.2) is 16.3 Å². The lowest BCUT2D eigenvalue weighted by Gasteiger charge is -2.25. The van der Waals surface area contributed by atoms with E-state index in [-0.39, 0.29) is 24.3 Å². The Labute approximate surface area is 286 Å². The zero-order valence-electron chi connectivity index (χ0n) is 26.2. The molecule has 240 valence electrons. The predicted octanol–water partition coefficient (Wildman–Crippen LogP) is 6.44. The van der Waals surface area contributed by atoms with E-state index in [9.17, 15) is 14.9 Å². The number of rotatable bonds is 10. The second-order valence-electron chi connectivity index (χ2n) is 10.7. The van der Waals surface area contributed by atoms with Crippen LogP contribution in [0.1, 0.15) is 47.7 Å². The average Bonchev–Trinajstić information content (AvgIpc) is 3.42. The molecule has 0 radical (unpaired) electrons. The fourth-order valence-electron chi connectivity index (χ4n) is 5.46. The third kappa shape index (κ3) is 6.67. The molecule has 0 amide bonds. The lowest BCUT2D eigenvalue weighted by molar-refractivity contribution is -0.138. The Kier molecular flexibility index (Phi) is 9.86. The van der Waals surface area contributed by atoms with E-state index in [0.717, 1.165) is 11.1 Å². The third-order valence-electron chi connectivity index (χ3n) is 7.65. The van der Waals surface area contributed by atoms with E-state index in [1.807, 2.05) is 67.6 Å². The van der Waals surface area contributed by atoms with Gasteiger partial charge >= 0.3 is 5.97 Å². The Balaban J connectivity index is 1.47. The van der Waals surface area contributed by atoms with Crippen molar-refractivity contribution in [1.82, 2.24) is 4.57 Å². The van der Waals surface area contributed by atoms with Crippen molar-refractivity contribution >= 4 is 40.7 Å². The highest BCUT2D eigenvalue weighted by Gasteiger charge is 2.35. The second-order valence-corrected chi connectivity index (χ2v) is 12.1. The summed E-state index contributed by atoms with van der Waals surface area (Å²) in [5.74, 6) is 0.463. The van der Waals surface area contributed by atoms with Gasteiger partial charge in [0.25, 0.3) is 5.56 Å². The monoisotopic (exact) mass is 675 g/mol. The number of carbonyl (C=O) groups excluding carboxylic acids is 1. The molecular weight excluding hydrogens is 646 g/mol. The summed E-state index contributed by atoms with van der Waals surface area (Å²) >= 11 is 7.47. The molecule has 0 unspecified atom stereocenters. The van der Waals surface area contributed by atoms with Gasteiger partial charge in [0.2, 0.25) is 0 Å². The molecule has 0 bridgehead atoms. The van der Waals surface area contributed by atoms with E-state index in [0.29, 0.717) is 54.8 Å². The number of halogens is 1. The molecule has 6 rings (SSSR count). The summed E-state index contributed by atoms with van der Waals surface area (Å²) in [5, 5.41) is 9.98. The molecule has 1 aliphatic heterocycles. The smallest absolute Gasteiger partial charge is 0.338 e. The molecule has 0 spiro atoms. The highest BCUT2D eigenvalue weighted by Crippen LogP contribution is 2.36. The van der Waals surface area contributed by atoms with Gasteiger partial charge in [-0.05, 0) is 61.4 Å². The average molecular weight is 676 g/mol. The maximum atomic E-state index is 14.2. The number of hydrogen-bond donors (Lipinski definition) is 0. The zero-order chi connectivity index (χ0) is 33.6. The minimum atomic E-state index is -0.805. The quantitative estimate of drug-likeness (QED) is 0.158. The number of esters is 1. The van der Waals surface area contributed by atoms with Gasteiger partial charge in [-0.1, -0.05) is 89.7 Å². The number of carbonyl (C=O) groups is 1. The molecule has 1 aromatic heterocycles. The first-order valence-electron chi connectivity index (χ1n) is 15.3. The summed E-state index contributed by atoms with van der Waals surface area (Å²) in [6.45, 7) is 4.37. The molecule has 0 fully saturated rings. The van der Waals surface area contributed by atoms with Gasteiger partial charge < -0.3 is 14.2 Å². The number of hydrogen-bond acceptors (Lipinski definition) is 8. The zero-order valence-corrected chi connectivity index (χ0v) is 27.8. The number of nitriles is 1. The molecule has 0 saturated carbocycles. The van der Waals surface area contributed by atoms with Crippen molar-refractivity contribution in [3.63, 3.8) is 0 Å². The molecule has 5 aromatic rings. The maximum Gasteiger partial charge on any atom is 0.338 e. The van der Waals surface area contributed by atoms with Crippen LogP contribution in [0.5, 0.6) is 11.5 Å². The van der Waals surface area contributed by atoms with Crippen LogP contribution >= 0.6 is 22.9 Å². The minimum absolute atomic E-state index is 0.162. The summed E-state index contributed by atoms with van der Waals surface area (Å²) in [6.07, 6.45) is 1.77. The molecule has 1 aliphatic rings. The van der Waals surface area contributed by atoms with Crippen molar-refractivity contribution < 1.29 is 19.0 Å². The van der Waals surface area contributed by atoms with Crippen molar-refractivity contribution in [1.29, 1.82) is 5.26 Å². The number of aromatic nitrogens is 1. The van der Waals surface area contributed by atoms with E-state index in [2.05, 4.69) is 6.07 Å². The largest absolute Gasteiger partial charge is 0.490 e. The van der Waals surface area contributed by atoms with E-state index in [4.69, 9.17) is 30.8 Å². The topological polar surface area (TPSA) is 103 Å². The first-order chi connectivity index (χ1) is 23.4. The molecule has 1 atom stereocenters. The lowest BCUT2D eigenvalue weighted by atomic mass is 9.93. The molecule has 48 heavy (non-hydrogen) atoms. The van der Waals surface area contributed by atoms with Crippen LogP contribution in [-0.2, 0) is 16.1 Å². The fourth-order valence-corrected chi connectivity index (χ4v) is 6.59.